The number of benzene rings is 1. The van der Waals surface area contributed by atoms with Crippen molar-refractivity contribution in [2.75, 3.05) is 0 Å². The second-order valence-electron chi connectivity index (χ2n) is 6.45. The molecule has 1 aliphatic heterocycles. The summed E-state index contributed by atoms with van der Waals surface area (Å²) >= 11 is 3.58. The number of hydrogen-bond donors (Lipinski definition) is 0. The summed E-state index contributed by atoms with van der Waals surface area (Å²) in [7, 11) is 0. The van der Waals surface area contributed by atoms with E-state index in [-0.39, 0.29) is 0 Å². The summed E-state index contributed by atoms with van der Waals surface area (Å²) in [4.78, 5) is 9.33. The first-order valence-electron chi connectivity index (χ1n) is 8.35. The lowest BCUT2D eigenvalue weighted by Crippen LogP contribution is -2.08. The Kier molecular flexibility index (Phi) is 3.36. The van der Waals surface area contributed by atoms with E-state index in [2.05, 4.69) is 42.7 Å². The molecule has 0 aliphatic carbocycles. The van der Waals surface area contributed by atoms with Gasteiger partial charge in [0.2, 0.25) is 0 Å². The van der Waals surface area contributed by atoms with Crippen LogP contribution >= 0.6 is 15.9 Å². The SMILES string of the molecule is Cc1ncn2c1Cn1nc(Cn3nccc3C)nc1-c1cc(Br)ccc1-2. The summed E-state index contributed by atoms with van der Waals surface area (Å²) in [5.74, 6) is 1.62. The van der Waals surface area contributed by atoms with Gasteiger partial charge in [0.25, 0.3) is 0 Å². The number of rotatable bonds is 2. The van der Waals surface area contributed by atoms with E-state index in [1.807, 2.05) is 41.7 Å². The second kappa shape index (κ2) is 5.63. The van der Waals surface area contributed by atoms with Crippen molar-refractivity contribution in [3.63, 3.8) is 0 Å². The Morgan fingerprint density at radius 2 is 2.08 bits per heavy atom. The minimum absolute atomic E-state index is 0.556. The van der Waals surface area contributed by atoms with Crippen molar-refractivity contribution in [2.45, 2.75) is 26.9 Å². The predicted molar refractivity (Wildman–Crippen MR) is 100 cm³/mol. The number of nitrogens with zero attached hydrogens (tertiary/aromatic N) is 7. The van der Waals surface area contributed by atoms with Gasteiger partial charge in [-0.2, -0.15) is 10.2 Å². The zero-order valence-electron chi connectivity index (χ0n) is 14.4. The maximum absolute atomic E-state index is 4.84. The van der Waals surface area contributed by atoms with Crippen molar-refractivity contribution in [3.8, 4) is 17.1 Å². The minimum atomic E-state index is 0.556. The van der Waals surface area contributed by atoms with Gasteiger partial charge in [0.15, 0.2) is 11.6 Å². The molecule has 0 amide bonds. The molecule has 130 valence electrons. The zero-order valence-corrected chi connectivity index (χ0v) is 16.0. The third-order valence-electron chi connectivity index (χ3n) is 4.77. The van der Waals surface area contributed by atoms with Crippen LogP contribution in [0.5, 0.6) is 0 Å². The molecule has 0 bridgehead atoms. The van der Waals surface area contributed by atoms with Gasteiger partial charge in [-0.25, -0.2) is 14.6 Å². The van der Waals surface area contributed by atoms with Crippen LogP contribution in [0.15, 0.2) is 41.3 Å². The first-order chi connectivity index (χ1) is 12.6. The zero-order chi connectivity index (χ0) is 17.8. The molecular formula is C18H16BrN7. The fraction of sp³-hybridized carbons (Fsp3) is 0.222. The molecule has 0 radical (unpaired) electrons. The summed E-state index contributed by atoms with van der Waals surface area (Å²) in [6.45, 7) is 5.25. The number of aromatic nitrogens is 7. The van der Waals surface area contributed by atoms with E-state index in [1.165, 1.54) is 0 Å². The van der Waals surface area contributed by atoms with E-state index in [1.54, 1.807) is 6.20 Å². The maximum atomic E-state index is 4.84. The standard InChI is InChI=1S/C18H16BrN7/c1-11-5-6-21-25(11)9-17-22-18-14-7-13(19)3-4-15(14)24-10-20-12(2)16(24)8-26(18)23-17/h3-7,10H,8-9H2,1-2H3. The highest BCUT2D eigenvalue weighted by molar-refractivity contribution is 9.10. The molecule has 0 fully saturated rings. The number of fused-ring (bicyclic) bond motifs is 5. The maximum Gasteiger partial charge on any atom is 0.172 e. The molecule has 0 saturated heterocycles. The lowest BCUT2D eigenvalue weighted by Gasteiger charge is -2.08. The number of aryl methyl sites for hydroxylation is 2. The molecule has 1 aliphatic rings. The van der Waals surface area contributed by atoms with Crippen LogP contribution in [0.25, 0.3) is 17.1 Å². The van der Waals surface area contributed by atoms with Gasteiger partial charge in [-0.1, -0.05) is 15.9 Å². The van der Waals surface area contributed by atoms with Crippen molar-refractivity contribution in [3.05, 3.63) is 64.2 Å². The molecule has 8 heteroatoms. The van der Waals surface area contributed by atoms with Crippen LogP contribution in [0.1, 0.15) is 22.9 Å². The molecular weight excluding hydrogens is 394 g/mol. The van der Waals surface area contributed by atoms with Gasteiger partial charge in [0.05, 0.1) is 29.9 Å². The van der Waals surface area contributed by atoms with Crippen molar-refractivity contribution >= 4 is 15.9 Å². The van der Waals surface area contributed by atoms with Crippen LogP contribution in [-0.2, 0) is 13.1 Å². The Morgan fingerprint density at radius 3 is 2.88 bits per heavy atom. The highest BCUT2D eigenvalue weighted by atomic mass is 79.9. The summed E-state index contributed by atoms with van der Waals surface area (Å²) in [5.41, 5.74) is 5.32. The van der Waals surface area contributed by atoms with Crippen LogP contribution < -0.4 is 0 Å². The Morgan fingerprint density at radius 1 is 1.19 bits per heavy atom. The molecule has 5 rings (SSSR count). The van der Waals surface area contributed by atoms with Crippen molar-refractivity contribution in [2.24, 2.45) is 0 Å². The average molecular weight is 410 g/mol. The fourth-order valence-corrected chi connectivity index (χ4v) is 3.73. The fourth-order valence-electron chi connectivity index (χ4n) is 3.36. The molecule has 0 N–H and O–H groups in total. The van der Waals surface area contributed by atoms with E-state index in [0.29, 0.717) is 13.1 Å². The quantitative estimate of drug-likeness (QED) is 0.449. The van der Waals surface area contributed by atoms with Crippen LogP contribution in [-0.4, -0.2) is 34.1 Å². The highest BCUT2D eigenvalue weighted by Gasteiger charge is 2.24. The first kappa shape index (κ1) is 15.5. The van der Waals surface area contributed by atoms with Gasteiger partial charge in [-0.3, -0.25) is 4.68 Å². The molecule has 0 unspecified atom stereocenters. The molecule has 26 heavy (non-hydrogen) atoms. The topological polar surface area (TPSA) is 66.3 Å². The number of hydrogen-bond acceptors (Lipinski definition) is 4. The van der Waals surface area contributed by atoms with Crippen molar-refractivity contribution < 1.29 is 0 Å². The summed E-state index contributed by atoms with van der Waals surface area (Å²) in [6, 6.07) is 8.20. The number of halogens is 1. The normalized spacial score (nSPS) is 12.4. The first-order valence-corrected chi connectivity index (χ1v) is 9.15. The van der Waals surface area contributed by atoms with Gasteiger partial charge >= 0.3 is 0 Å². The second-order valence-corrected chi connectivity index (χ2v) is 7.36. The van der Waals surface area contributed by atoms with E-state index in [9.17, 15) is 0 Å². The largest absolute Gasteiger partial charge is 0.300 e. The molecule has 0 atom stereocenters. The van der Waals surface area contributed by atoms with Crippen LogP contribution in [0, 0.1) is 13.8 Å². The molecule has 7 nitrogen and oxygen atoms in total. The van der Waals surface area contributed by atoms with Crippen molar-refractivity contribution in [1.29, 1.82) is 0 Å². The van der Waals surface area contributed by atoms with Crippen LogP contribution in [0.3, 0.4) is 0 Å². The average Bonchev–Trinajstić information content (AvgIpc) is 3.28. The van der Waals surface area contributed by atoms with Gasteiger partial charge in [-0.05, 0) is 38.1 Å². The Hall–Kier alpha value is -2.74. The lowest BCUT2D eigenvalue weighted by molar-refractivity contribution is 0.611. The molecule has 4 heterocycles. The third kappa shape index (κ3) is 2.33. The third-order valence-corrected chi connectivity index (χ3v) is 5.26. The summed E-state index contributed by atoms with van der Waals surface area (Å²) < 4.78 is 7.01. The predicted octanol–water partition coefficient (Wildman–Crippen LogP) is 3.12. The number of imidazole rings is 1. The van der Waals surface area contributed by atoms with E-state index in [4.69, 9.17) is 10.1 Å². The minimum Gasteiger partial charge on any atom is -0.300 e. The van der Waals surface area contributed by atoms with Crippen LogP contribution in [0.4, 0.5) is 0 Å². The molecule has 0 saturated carbocycles. The van der Waals surface area contributed by atoms with Crippen molar-refractivity contribution in [1.82, 2.24) is 34.1 Å². The Labute approximate surface area is 158 Å². The van der Waals surface area contributed by atoms with E-state index < -0.39 is 0 Å². The van der Waals surface area contributed by atoms with Gasteiger partial charge in [0.1, 0.15) is 6.54 Å². The summed E-state index contributed by atoms with van der Waals surface area (Å²) in [6.07, 6.45) is 3.67. The molecule has 3 aromatic heterocycles. The van der Waals surface area contributed by atoms with Gasteiger partial charge < -0.3 is 4.57 Å². The molecule has 1 aromatic carbocycles. The highest BCUT2D eigenvalue weighted by Crippen LogP contribution is 2.33. The van der Waals surface area contributed by atoms with E-state index >= 15 is 0 Å². The smallest absolute Gasteiger partial charge is 0.172 e. The monoisotopic (exact) mass is 409 g/mol. The molecule has 4 aromatic rings. The van der Waals surface area contributed by atoms with Gasteiger partial charge in [-0.15, -0.1) is 0 Å². The summed E-state index contributed by atoms with van der Waals surface area (Å²) in [5, 5.41) is 9.10. The van der Waals surface area contributed by atoms with Crippen LogP contribution in [0.2, 0.25) is 0 Å². The van der Waals surface area contributed by atoms with Gasteiger partial charge in [0, 0.05) is 21.9 Å². The lowest BCUT2D eigenvalue weighted by atomic mass is 10.1. The Bertz CT molecular complexity index is 1130. The molecule has 0 spiro atoms. The Balaban J connectivity index is 1.69. The van der Waals surface area contributed by atoms with E-state index in [0.717, 1.165) is 44.5 Å².